The van der Waals surface area contributed by atoms with Crippen molar-refractivity contribution in [1.29, 1.82) is 0 Å². The highest BCUT2D eigenvalue weighted by atomic mass is 14.6. The van der Waals surface area contributed by atoms with Gasteiger partial charge in [0.1, 0.15) is 0 Å². The first kappa shape index (κ1) is 11.8. The zero-order valence-electron chi connectivity index (χ0n) is 10.4. The molecular formula is C15H18N2. The maximum absolute atomic E-state index is 5.79. The molecule has 2 aromatic rings. The number of benzene rings is 1. The van der Waals surface area contributed by atoms with Crippen molar-refractivity contribution in [3.8, 4) is 11.1 Å². The van der Waals surface area contributed by atoms with Crippen LogP contribution in [0.5, 0.6) is 0 Å². The van der Waals surface area contributed by atoms with Crippen LogP contribution in [0.25, 0.3) is 11.1 Å². The Hall–Kier alpha value is -1.67. The van der Waals surface area contributed by atoms with E-state index in [-0.39, 0.29) is 6.04 Å². The van der Waals surface area contributed by atoms with Crippen LogP contribution in [0.2, 0.25) is 0 Å². The van der Waals surface area contributed by atoms with E-state index < -0.39 is 0 Å². The number of aromatic nitrogens is 1. The third-order valence-corrected chi connectivity index (χ3v) is 2.74. The first-order chi connectivity index (χ1) is 8.15. The Morgan fingerprint density at radius 2 is 1.82 bits per heavy atom. The number of nitrogens with two attached hydrogens (primary N) is 1. The molecule has 0 bridgehead atoms. The minimum absolute atomic E-state index is 0.212. The van der Waals surface area contributed by atoms with E-state index in [1.165, 1.54) is 16.7 Å². The smallest absolute Gasteiger partial charge is 0.0378 e. The molecule has 1 unspecified atom stereocenters. The number of hydrogen-bond donors (Lipinski definition) is 1. The molecule has 0 amide bonds. The minimum atomic E-state index is 0.212. The van der Waals surface area contributed by atoms with Crippen LogP contribution in [-0.2, 0) is 6.42 Å². The van der Waals surface area contributed by atoms with Crippen LogP contribution in [0.4, 0.5) is 0 Å². The number of hydrogen-bond acceptors (Lipinski definition) is 2. The molecule has 1 aromatic carbocycles. The van der Waals surface area contributed by atoms with Crippen molar-refractivity contribution in [3.63, 3.8) is 0 Å². The summed E-state index contributed by atoms with van der Waals surface area (Å²) in [6, 6.07) is 12.9. The third kappa shape index (κ3) is 3.14. The summed E-state index contributed by atoms with van der Waals surface area (Å²) in [4.78, 5) is 4.21. The van der Waals surface area contributed by atoms with Crippen LogP contribution < -0.4 is 5.73 Å². The Morgan fingerprint density at radius 3 is 2.41 bits per heavy atom. The van der Waals surface area contributed by atoms with Gasteiger partial charge in [-0.1, -0.05) is 24.3 Å². The van der Waals surface area contributed by atoms with Gasteiger partial charge in [-0.25, -0.2) is 0 Å². The largest absolute Gasteiger partial charge is 0.328 e. The molecule has 0 saturated heterocycles. The van der Waals surface area contributed by atoms with Crippen LogP contribution >= 0.6 is 0 Å². The van der Waals surface area contributed by atoms with Gasteiger partial charge in [0.15, 0.2) is 0 Å². The average Bonchev–Trinajstić information content (AvgIpc) is 2.29. The molecule has 0 radical (unpaired) electrons. The first-order valence-corrected chi connectivity index (χ1v) is 5.93. The molecule has 2 heteroatoms. The fraction of sp³-hybridized carbons (Fsp3) is 0.267. The van der Waals surface area contributed by atoms with Crippen LogP contribution in [0.1, 0.15) is 18.2 Å². The zero-order valence-corrected chi connectivity index (χ0v) is 10.4. The van der Waals surface area contributed by atoms with E-state index in [2.05, 4.69) is 35.3 Å². The lowest BCUT2D eigenvalue weighted by Crippen LogP contribution is -2.17. The molecule has 2 N–H and O–H groups in total. The summed E-state index contributed by atoms with van der Waals surface area (Å²) in [7, 11) is 0. The lowest BCUT2D eigenvalue weighted by molar-refractivity contribution is 0.738. The van der Waals surface area contributed by atoms with Gasteiger partial charge >= 0.3 is 0 Å². The molecule has 0 fully saturated rings. The van der Waals surface area contributed by atoms with E-state index >= 15 is 0 Å². The topological polar surface area (TPSA) is 38.9 Å². The monoisotopic (exact) mass is 226 g/mol. The van der Waals surface area contributed by atoms with E-state index in [1.54, 1.807) is 0 Å². The fourth-order valence-corrected chi connectivity index (χ4v) is 1.93. The standard InChI is InChI=1S/C15H18N2/c1-11(16)9-13-3-5-14(6-4-13)15-7-8-17-12(2)10-15/h3-8,10-11H,9,16H2,1-2H3. The molecule has 0 spiro atoms. The van der Waals surface area contributed by atoms with E-state index in [0.29, 0.717) is 0 Å². The van der Waals surface area contributed by atoms with E-state index in [1.807, 2.05) is 26.1 Å². The number of rotatable bonds is 3. The maximum atomic E-state index is 5.79. The van der Waals surface area contributed by atoms with E-state index in [0.717, 1.165) is 12.1 Å². The minimum Gasteiger partial charge on any atom is -0.328 e. The highest BCUT2D eigenvalue weighted by Crippen LogP contribution is 2.20. The van der Waals surface area contributed by atoms with Gasteiger partial charge in [0.2, 0.25) is 0 Å². The summed E-state index contributed by atoms with van der Waals surface area (Å²) in [5.74, 6) is 0. The summed E-state index contributed by atoms with van der Waals surface area (Å²) < 4.78 is 0. The van der Waals surface area contributed by atoms with Crippen molar-refractivity contribution in [1.82, 2.24) is 4.98 Å². The summed E-state index contributed by atoms with van der Waals surface area (Å²) in [6.07, 6.45) is 2.77. The lowest BCUT2D eigenvalue weighted by atomic mass is 10.0. The maximum Gasteiger partial charge on any atom is 0.0378 e. The Bertz CT molecular complexity index is 487. The highest BCUT2D eigenvalue weighted by molar-refractivity contribution is 5.63. The molecule has 0 aliphatic carbocycles. The molecule has 17 heavy (non-hydrogen) atoms. The molecule has 2 rings (SSSR count). The van der Waals surface area contributed by atoms with Crippen molar-refractivity contribution < 1.29 is 0 Å². The zero-order chi connectivity index (χ0) is 12.3. The SMILES string of the molecule is Cc1cc(-c2ccc(CC(C)N)cc2)ccn1. The predicted octanol–water partition coefficient (Wildman–Crippen LogP) is 2.95. The molecule has 2 nitrogen and oxygen atoms in total. The molecule has 0 aliphatic heterocycles. The van der Waals surface area contributed by atoms with Crippen molar-refractivity contribution in [2.45, 2.75) is 26.3 Å². The highest BCUT2D eigenvalue weighted by Gasteiger charge is 2.00. The Kier molecular flexibility index (Phi) is 3.55. The van der Waals surface area contributed by atoms with Gasteiger partial charge in [-0.2, -0.15) is 0 Å². The molecule has 88 valence electrons. The number of nitrogens with zero attached hydrogens (tertiary/aromatic N) is 1. The Morgan fingerprint density at radius 1 is 1.12 bits per heavy atom. The van der Waals surface area contributed by atoms with Crippen LogP contribution in [0.15, 0.2) is 42.6 Å². The molecular weight excluding hydrogens is 208 g/mol. The second-order valence-electron chi connectivity index (χ2n) is 4.56. The van der Waals surface area contributed by atoms with Crippen molar-refractivity contribution in [2.75, 3.05) is 0 Å². The van der Waals surface area contributed by atoms with Crippen molar-refractivity contribution in [3.05, 3.63) is 53.9 Å². The number of pyridine rings is 1. The van der Waals surface area contributed by atoms with Crippen molar-refractivity contribution in [2.24, 2.45) is 5.73 Å². The van der Waals surface area contributed by atoms with E-state index in [9.17, 15) is 0 Å². The van der Waals surface area contributed by atoms with E-state index in [4.69, 9.17) is 5.73 Å². The summed E-state index contributed by atoms with van der Waals surface area (Å²) in [5.41, 5.74) is 10.6. The van der Waals surface area contributed by atoms with Gasteiger partial charge in [-0.05, 0) is 49.1 Å². The van der Waals surface area contributed by atoms with Gasteiger partial charge < -0.3 is 5.73 Å². The van der Waals surface area contributed by atoms with Gasteiger partial charge in [0.25, 0.3) is 0 Å². The summed E-state index contributed by atoms with van der Waals surface area (Å²) in [6.45, 7) is 4.04. The van der Waals surface area contributed by atoms with Gasteiger partial charge in [0.05, 0.1) is 0 Å². The normalized spacial score (nSPS) is 12.4. The quantitative estimate of drug-likeness (QED) is 0.874. The van der Waals surface area contributed by atoms with Crippen molar-refractivity contribution >= 4 is 0 Å². The summed E-state index contributed by atoms with van der Waals surface area (Å²) in [5, 5.41) is 0. The lowest BCUT2D eigenvalue weighted by Gasteiger charge is -2.07. The van der Waals surface area contributed by atoms with Crippen LogP contribution in [-0.4, -0.2) is 11.0 Å². The first-order valence-electron chi connectivity index (χ1n) is 5.93. The number of aryl methyl sites for hydroxylation is 1. The summed E-state index contributed by atoms with van der Waals surface area (Å²) >= 11 is 0. The van der Waals surface area contributed by atoms with Gasteiger partial charge in [0, 0.05) is 17.9 Å². The van der Waals surface area contributed by atoms with Gasteiger partial charge in [-0.15, -0.1) is 0 Å². The molecule has 1 atom stereocenters. The molecule has 1 heterocycles. The molecule has 1 aromatic heterocycles. The van der Waals surface area contributed by atoms with Gasteiger partial charge in [-0.3, -0.25) is 4.98 Å². The molecule has 0 saturated carbocycles. The second kappa shape index (κ2) is 5.11. The third-order valence-electron chi connectivity index (χ3n) is 2.74. The molecule has 0 aliphatic rings. The fourth-order valence-electron chi connectivity index (χ4n) is 1.93. The second-order valence-corrected chi connectivity index (χ2v) is 4.56. The average molecular weight is 226 g/mol. The Balaban J connectivity index is 2.23. The Labute approximate surface area is 103 Å². The predicted molar refractivity (Wildman–Crippen MR) is 71.8 cm³/mol. The van der Waals surface area contributed by atoms with Crippen LogP contribution in [0.3, 0.4) is 0 Å². The van der Waals surface area contributed by atoms with Crippen LogP contribution in [0, 0.1) is 6.92 Å².